The zero-order valence-corrected chi connectivity index (χ0v) is 13.4. The molecule has 0 bridgehead atoms. The van der Waals surface area contributed by atoms with Crippen molar-refractivity contribution >= 4 is 11.8 Å². The van der Waals surface area contributed by atoms with Crippen molar-refractivity contribution in [3.8, 4) is 0 Å². The van der Waals surface area contributed by atoms with Crippen molar-refractivity contribution in [1.29, 1.82) is 0 Å². The molecule has 3 N–H and O–H groups in total. The smallest absolute Gasteiger partial charge is 0.222 e. The number of rotatable bonds is 7. The molecule has 2 aliphatic heterocycles. The molecule has 2 unspecified atom stereocenters. The Labute approximate surface area is 132 Å². The Kier molecular flexibility index (Phi) is 7.12. The first-order chi connectivity index (χ1) is 10.7. The number of hydrogen-bond donors (Lipinski definition) is 2. The molecule has 0 aliphatic carbocycles. The number of amides is 2. The number of likely N-dealkylation sites (tertiary alicyclic amines) is 1. The summed E-state index contributed by atoms with van der Waals surface area (Å²) in [6.45, 7) is 3.36. The van der Waals surface area contributed by atoms with Crippen LogP contribution in [0.25, 0.3) is 0 Å². The normalized spacial score (nSPS) is 25.2. The molecule has 0 saturated carbocycles. The summed E-state index contributed by atoms with van der Waals surface area (Å²) in [6.07, 6.45) is 6.10. The van der Waals surface area contributed by atoms with Gasteiger partial charge in [-0.05, 0) is 38.0 Å². The monoisotopic (exact) mass is 311 g/mol. The maximum Gasteiger partial charge on any atom is 0.222 e. The minimum absolute atomic E-state index is 0.0245. The number of nitrogens with one attached hydrogen (secondary N) is 1. The lowest BCUT2D eigenvalue weighted by molar-refractivity contribution is -0.135. The quantitative estimate of drug-likeness (QED) is 0.723. The highest BCUT2D eigenvalue weighted by molar-refractivity contribution is 5.77. The van der Waals surface area contributed by atoms with E-state index in [0.717, 1.165) is 51.9 Å². The number of carbonyl (C=O) groups excluding carboxylic acids is 2. The molecule has 22 heavy (non-hydrogen) atoms. The molecule has 0 spiro atoms. The van der Waals surface area contributed by atoms with Crippen molar-refractivity contribution < 1.29 is 14.3 Å². The average molecular weight is 311 g/mol. The van der Waals surface area contributed by atoms with E-state index in [4.69, 9.17) is 10.5 Å². The summed E-state index contributed by atoms with van der Waals surface area (Å²) in [5.41, 5.74) is 5.38. The second kappa shape index (κ2) is 9.10. The van der Waals surface area contributed by atoms with Crippen molar-refractivity contribution in [3.05, 3.63) is 0 Å². The van der Waals surface area contributed by atoms with Crippen LogP contribution in [0.5, 0.6) is 0 Å². The second-order valence-electron chi connectivity index (χ2n) is 6.35. The van der Waals surface area contributed by atoms with Crippen molar-refractivity contribution in [1.82, 2.24) is 10.2 Å². The highest BCUT2D eigenvalue weighted by Gasteiger charge is 2.27. The Morgan fingerprint density at radius 1 is 1.23 bits per heavy atom. The van der Waals surface area contributed by atoms with Gasteiger partial charge in [-0.15, -0.1) is 0 Å². The number of hydrogen-bond acceptors (Lipinski definition) is 4. The lowest BCUT2D eigenvalue weighted by atomic mass is 9.98. The van der Waals surface area contributed by atoms with E-state index in [1.54, 1.807) is 0 Å². The fourth-order valence-electron chi connectivity index (χ4n) is 3.27. The van der Waals surface area contributed by atoms with Gasteiger partial charge in [-0.25, -0.2) is 0 Å². The number of piperidine rings is 1. The molecule has 6 nitrogen and oxygen atoms in total. The molecule has 2 atom stereocenters. The highest BCUT2D eigenvalue weighted by atomic mass is 16.5. The minimum atomic E-state index is -0.0245. The van der Waals surface area contributed by atoms with Gasteiger partial charge in [0.25, 0.3) is 0 Å². The van der Waals surface area contributed by atoms with E-state index in [0.29, 0.717) is 31.8 Å². The molecule has 0 aromatic heterocycles. The Morgan fingerprint density at radius 3 is 2.82 bits per heavy atom. The number of nitrogens with two attached hydrogens (primary N) is 1. The molecule has 0 aromatic rings. The summed E-state index contributed by atoms with van der Waals surface area (Å²) in [4.78, 5) is 26.0. The van der Waals surface area contributed by atoms with Gasteiger partial charge in [0.1, 0.15) is 0 Å². The van der Waals surface area contributed by atoms with Crippen LogP contribution >= 0.6 is 0 Å². The summed E-state index contributed by atoms with van der Waals surface area (Å²) in [7, 11) is 0. The lowest BCUT2D eigenvalue weighted by Gasteiger charge is -2.36. The maximum atomic E-state index is 12.5. The lowest BCUT2D eigenvalue weighted by Crippen LogP contribution is -2.49. The Balaban J connectivity index is 1.77. The van der Waals surface area contributed by atoms with Crippen molar-refractivity contribution in [2.45, 2.75) is 51.0 Å². The predicted molar refractivity (Wildman–Crippen MR) is 84.2 cm³/mol. The number of nitrogens with zero attached hydrogens (tertiary/aromatic N) is 1. The first-order valence-corrected chi connectivity index (χ1v) is 8.54. The van der Waals surface area contributed by atoms with Gasteiger partial charge in [-0.2, -0.15) is 0 Å². The van der Waals surface area contributed by atoms with Gasteiger partial charge < -0.3 is 20.7 Å². The standard InChI is InChI=1S/C16H29N3O3/c17-8-6-15(20)18-11-14-3-1-2-9-19(14)16(21)5-4-13-7-10-22-12-13/h13-14H,1-12,17H2,(H,18,20). The van der Waals surface area contributed by atoms with E-state index in [1.807, 2.05) is 4.90 Å². The van der Waals surface area contributed by atoms with Crippen molar-refractivity contribution in [3.63, 3.8) is 0 Å². The molecule has 2 amide bonds. The molecule has 2 aliphatic rings. The summed E-state index contributed by atoms with van der Waals surface area (Å²) in [5.74, 6) is 0.740. The van der Waals surface area contributed by atoms with E-state index >= 15 is 0 Å². The SMILES string of the molecule is NCCC(=O)NCC1CCCCN1C(=O)CCC1CCOC1. The van der Waals surface area contributed by atoms with E-state index in [1.165, 1.54) is 0 Å². The molecule has 0 radical (unpaired) electrons. The molecule has 2 rings (SSSR count). The van der Waals surface area contributed by atoms with Crippen LogP contribution < -0.4 is 11.1 Å². The van der Waals surface area contributed by atoms with Crippen LogP contribution in [0.4, 0.5) is 0 Å². The Hall–Kier alpha value is -1.14. The van der Waals surface area contributed by atoms with Gasteiger partial charge in [-0.3, -0.25) is 9.59 Å². The van der Waals surface area contributed by atoms with Crippen LogP contribution in [0.15, 0.2) is 0 Å². The molecule has 6 heteroatoms. The zero-order valence-electron chi connectivity index (χ0n) is 13.4. The van der Waals surface area contributed by atoms with Crippen LogP contribution in [0.2, 0.25) is 0 Å². The molecule has 126 valence electrons. The maximum absolute atomic E-state index is 12.5. The Morgan fingerprint density at radius 2 is 2.09 bits per heavy atom. The van der Waals surface area contributed by atoms with Crippen LogP contribution in [-0.4, -0.2) is 55.6 Å². The first-order valence-electron chi connectivity index (χ1n) is 8.54. The van der Waals surface area contributed by atoms with Gasteiger partial charge in [0, 0.05) is 51.7 Å². The molecule has 2 heterocycles. The second-order valence-corrected chi connectivity index (χ2v) is 6.35. The van der Waals surface area contributed by atoms with Gasteiger partial charge in [0.05, 0.1) is 0 Å². The van der Waals surface area contributed by atoms with E-state index in [9.17, 15) is 9.59 Å². The van der Waals surface area contributed by atoms with Gasteiger partial charge in [0.2, 0.25) is 11.8 Å². The third-order valence-electron chi connectivity index (χ3n) is 4.64. The topological polar surface area (TPSA) is 84.7 Å². The van der Waals surface area contributed by atoms with Crippen molar-refractivity contribution in [2.24, 2.45) is 11.7 Å². The Bertz CT molecular complexity index is 370. The van der Waals surface area contributed by atoms with Crippen LogP contribution in [0.3, 0.4) is 0 Å². The first kappa shape index (κ1) is 17.2. The van der Waals surface area contributed by atoms with E-state index in [2.05, 4.69) is 5.32 Å². The molecular formula is C16H29N3O3. The molecule has 0 aromatic carbocycles. The average Bonchev–Trinajstić information content (AvgIpc) is 3.04. The minimum Gasteiger partial charge on any atom is -0.381 e. The number of ether oxygens (including phenoxy) is 1. The van der Waals surface area contributed by atoms with Crippen LogP contribution in [-0.2, 0) is 14.3 Å². The summed E-state index contributed by atoms with van der Waals surface area (Å²) in [6, 6.07) is 0.141. The third kappa shape index (κ3) is 5.25. The van der Waals surface area contributed by atoms with Crippen LogP contribution in [0.1, 0.15) is 44.9 Å². The van der Waals surface area contributed by atoms with E-state index < -0.39 is 0 Å². The van der Waals surface area contributed by atoms with Gasteiger partial charge in [-0.1, -0.05) is 0 Å². The number of carbonyl (C=O) groups is 2. The fourth-order valence-corrected chi connectivity index (χ4v) is 3.27. The van der Waals surface area contributed by atoms with Gasteiger partial charge in [0.15, 0.2) is 0 Å². The van der Waals surface area contributed by atoms with E-state index in [-0.39, 0.29) is 17.9 Å². The largest absolute Gasteiger partial charge is 0.381 e. The molecular weight excluding hydrogens is 282 g/mol. The zero-order chi connectivity index (χ0) is 15.8. The summed E-state index contributed by atoms with van der Waals surface area (Å²) < 4.78 is 5.36. The highest BCUT2D eigenvalue weighted by Crippen LogP contribution is 2.22. The summed E-state index contributed by atoms with van der Waals surface area (Å²) >= 11 is 0. The fraction of sp³-hybridized carbons (Fsp3) is 0.875. The molecule has 2 fully saturated rings. The summed E-state index contributed by atoms with van der Waals surface area (Å²) in [5, 5.41) is 2.90. The van der Waals surface area contributed by atoms with Gasteiger partial charge >= 0.3 is 0 Å². The predicted octanol–water partition coefficient (Wildman–Crippen LogP) is 0.649. The third-order valence-corrected chi connectivity index (χ3v) is 4.64. The molecule has 2 saturated heterocycles. The van der Waals surface area contributed by atoms with Crippen LogP contribution in [0, 0.1) is 5.92 Å². The van der Waals surface area contributed by atoms with Crippen molar-refractivity contribution in [2.75, 3.05) is 32.8 Å².